The number of piperazine rings is 2. The van der Waals surface area contributed by atoms with Crippen LogP contribution in [0.25, 0.3) is 0 Å². The molecule has 0 aromatic heterocycles. The van der Waals surface area contributed by atoms with E-state index in [0.717, 1.165) is 25.6 Å². The van der Waals surface area contributed by atoms with E-state index in [1.54, 1.807) is 4.90 Å². The molecule has 5 nitrogen and oxygen atoms in total. The summed E-state index contributed by atoms with van der Waals surface area (Å²) in [6.07, 6.45) is 4.87. The van der Waals surface area contributed by atoms with Gasteiger partial charge in [-0.3, -0.25) is 14.5 Å². The van der Waals surface area contributed by atoms with Crippen molar-refractivity contribution in [1.29, 1.82) is 0 Å². The number of nitrogens with one attached hydrogen (secondary N) is 1. The highest BCUT2D eigenvalue weighted by Gasteiger charge is 2.38. The van der Waals surface area contributed by atoms with Crippen molar-refractivity contribution in [2.45, 2.75) is 32.7 Å². The van der Waals surface area contributed by atoms with Crippen molar-refractivity contribution >= 4 is 11.8 Å². The molecule has 0 aromatic carbocycles. The van der Waals surface area contributed by atoms with E-state index in [-0.39, 0.29) is 11.9 Å². The van der Waals surface area contributed by atoms with Crippen molar-refractivity contribution in [1.82, 2.24) is 15.1 Å². The summed E-state index contributed by atoms with van der Waals surface area (Å²) in [5, 5.41) is 2.70. The first-order valence-corrected chi connectivity index (χ1v) is 8.04. The van der Waals surface area contributed by atoms with E-state index in [4.69, 9.17) is 0 Å². The quantitative estimate of drug-likeness (QED) is 0.599. The summed E-state index contributed by atoms with van der Waals surface area (Å²) in [5.74, 6) is 0.576. The van der Waals surface area contributed by atoms with Crippen LogP contribution in [-0.2, 0) is 9.59 Å². The van der Waals surface area contributed by atoms with Gasteiger partial charge in [0.1, 0.15) is 0 Å². The number of amides is 2. The van der Waals surface area contributed by atoms with Gasteiger partial charge in [-0.1, -0.05) is 18.6 Å². The van der Waals surface area contributed by atoms with Gasteiger partial charge in [-0.15, -0.1) is 0 Å². The summed E-state index contributed by atoms with van der Waals surface area (Å²) in [6.45, 7) is 8.71. The van der Waals surface area contributed by atoms with Crippen molar-refractivity contribution in [2.75, 3.05) is 32.7 Å². The van der Waals surface area contributed by atoms with E-state index in [1.807, 2.05) is 0 Å². The first-order chi connectivity index (χ1) is 10.1. The van der Waals surface area contributed by atoms with Gasteiger partial charge >= 0.3 is 11.8 Å². The van der Waals surface area contributed by atoms with Crippen LogP contribution in [0, 0.1) is 11.8 Å². The maximum atomic E-state index is 11.8. The van der Waals surface area contributed by atoms with Crippen LogP contribution in [-0.4, -0.2) is 60.4 Å². The van der Waals surface area contributed by atoms with Gasteiger partial charge in [-0.2, -0.15) is 0 Å². The maximum absolute atomic E-state index is 11.8. The van der Waals surface area contributed by atoms with Crippen molar-refractivity contribution in [3.63, 3.8) is 0 Å². The van der Waals surface area contributed by atoms with Crippen LogP contribution in [0.15, 0.2) is 11.6 Å². The number of allylic oxidation sites excluding steroid dienone is 1. The second kappa shape index (κ2) is 5.79. The predicted octanol–water partition coefficient (Wildman–Crippen LogP) is 0.621. The fourth-order valence-electron chi connectivity index (χ4n) is 3.92. The average molecular weight is 291 g/mol. The Morgan fingerprint density at radius 2 is 2.14 bits per heavy atom. The molecule has 0 bridgehead atoms. The van der Waals surface area contributed by atoms with E-state index in [1.165, 1.54) is 18.4 Å². The van der Waals surface area contributed by atoms with Crippen LogP contribution >= 0.6 is 0 Å². The fraction of sp³-hybridized carbons (Fsp3) is 0.750. The number of fused-ring (bicyclic) bond motifs is 1. The van der Waals surface area contributed by atoms with Crippen LogP contribution in [0.4, 0.5) is 0 Å². The Morgan fingerprint density at radius 1 is 1.33 bits per heavy atom. The standard InChI is InChI=1S/C16H25N3O2/c1-11-4-3-5-12(2)14(11)10-18-6-7-19-13(9-18)8-17-15(20)16(19)21/h4,12-14H,3,5-10H2,1-2H3,(H,17,20). The number of rotatable bonds is 2. The van der Waals surface area contributed by atoms with Crippen LogP contribution in [0.3, 0.4) is 0 Å². The van der Waals surface area contributed by atoms with Gasteiger partial charge in [-0.25, -0.2) is 0 Å². The molecule has 3 rings (SSSR count). The van der Waals surface area contributed by atoms with Gasteiger partial charge in [-0.05, 0) is 31.6 Å². The highest BCUT2D eigenvalue weighted by molar-refractivity contribution is 6.35. The zero-order chi connectivity index (χ0) is 15.0. The summed E-state index contributed by atoms with van der Waals surface area (Å²) >= 11 is 0. The van der Waals surface area contributed by atoms with Gasteiger partial charge < -0.3 is 10.2 Å². The molecule has 2 heterocycles. The molecule has 3 aliphatic rings. The molecule has 3 unspecified atom stereocenters. The molecule has 2 fully saturated rings. The van der Waals surface area contributed by atoms with Crippen molar-refractivity contribution in [3.05, 3.63) is 11.6 Å². The highest BCUT2D eigenvalue weighted by atomic mass is 16.2. The molecule has 0 saturated carbocycles. The molecule has 21 heavy (non-hydrogen) atoms. The predicted molar refractivity (Wildman–Crippen MR) is 80.6 cm³/mol. The first kappa shape index (κ1) is 14.6. The van der Waals surface area contributed by atoms with Crippen molar-refractivity contribution in [2.24, 2.45) is 11.8 Å². The Morgan fingerprint density at radius 3 is 2.90 bits per heavy atom. The molecule has 2 saturated heterocycles. The Labute approximate surface area is 126 Å². The zero-order valence-corrected chi connectivity index (χ0v) is 13.0. The molecule has 0 spiro atoms. The van der Waals surface area contributed by atoms with Gasteiger partial charge in [0.25, 0.3) is 0 Å². The maximum Gasteiger partial charge on any atom is 0.312 e. The number of carbonyl (C=O) groups excluding carboxylic acids is 2. The molecule has 2 aliphatic heterocycles. The number of hydrogen-bond acceptors (Lipinski definition) is 3. The molecule has 116 valence electrons. The minimum Gasteiger partial charge on any atom is -0.346 e. The summed E-state index contributed by atoms with van der Waals surface area (Å²) in [7, 11) is 0. The summed E-state index contributed by atoms with van der Waals surface area (Å²) < 4.78 is 0. The van der Waals surface area contributed by atoms with Crippen LogP contribution in [0.1, 0.15) is 26.7 Å². The highest BCUT2D eigenvalue weighted by Crippen LogP contribution is 2.31. The summed E-state index contributed by atoms with van der Waals surface area (Å²) in [6, 6.07) is 0.145. The fourth-order valence-corrected chi connectivity index (χ4v) is 3.92. The molecule has 1 aliphatic carbocycles. The Hall–Kier alpha value is -1.36. The first-order valence-electron chi connectivity index (χ1n) is 8.04. The molecular weight excluding hydrogens is 266 g/mol. The van der Waals surface area contributed by atoms with E-state index in [9.17, 15) is 9.59 Å². The number of nitrogens with zero attached hydrogens (tertiary/aromatic N) is 2. The Bertz CT molecular complexity index is 474. The third kappa shape index (κ3) is 2.84. The third-order valence-corrected chi connectivity index (χ3v) is 5.34. The van der Waals surface area contributed by atoms with E-state index in [0.29, 0.717) is 19.0 Å². The second-order valence-electron chi connectivity index (χ2n) is 6.73. The van der Waals surface area contributed by atoms with Crippen LogP contribution < -0.4 is 5.32 Å². The lowest BCUT2D eigenvalue weighted by Gasteiger charge is -2.45. The lowest BCUT2D eigenvalue weighted by molar-refractivity contribution is -0.152. The SMILES string of the molecule is CC1=CCCC(C)C1CN1CCN2C(=O)C(=O)NCC2C1. The normalized spacial score (nSPS) is 34.3. The molecule has 2 amide bonds. The zero-order valence-electron chi connectivity index (χ0n) is 13.0. The minimum atomic E-state index is -0.445. The minimum absolute atomic E-state index is 0.145. The Kier molecular flexibility index (Phi) is 4.02. The van der Waals surface area contributed by atoms with Gasteiger partial charge in [0.2, 0.25) is 0 Å². The molecule has 5 heteroatoms. The van der Waals surface area contributed by atoms with Gasteiger partial charge in [0, 0.05) is 32.7 Å². The summed E-state index contributed by atoms with van der Waals surface area (Å²) in [4.78, 5) is 27.5. The van der Waals surface area contributed by atoms with Crippen molar-refractivity contribution in [3.8, 4) is 0 Å². The van der Waals surface area contributed by atoms with E-state index < -0.39 is 5.91 Å². The molecule has 0 aromatic rings. The van der Waals surface area contributed by atoms with E-state index in [2.05, 4.69) is 30.1 Å². The average Bonchev–Trinajstić information content (AvgIpc) is 2.47. The van der Waals surface area contributed by atoms with Crippen LogP contribution in [0.2, 0.25) is 0 Å². The number of hydrogen-bond donors (Lipinski definition) is 1. The van der Waals surface area contributed by atoms with Crippen molar-refractivity contribution < 1.29 is 9.59 Å². The van der Waals surface area contributed by atoms with E-state index >= 15 is 0 Å². The Balaban J connectivity index is 1.62. The smallest absolute Gasteiger partial charge is 0.312 e. The third-order valence-electron chi connectivity index (χ3n) is 5.34. The summed E-state index contributed by atoms with van der Waals surface area (Å²) in [5.41, 5.74) is 1.52. The largest absolute Gasteiger partial charge is 0.346 e. The number of carbonyl (C=O) groups is 2. The molecular formula is C16H25N3O2. The molecule has 3 atom stereocenters. The second-order valence-corrected chi connectivity index (χ2v) is 6.73. The molecule has 0 radical (unpaired) electrons. The lowest BCUT2D eigenvalue weighted by atomic mass is 9.79. The lowest BCUT2D eigenvalue weighted by Crippen LogP contribution is -2.65. The van der Waals surface area contributed by atoms with Gasteiger partial charge in [0.15, 0.2) is 0 Å². The molecule has 1 N–H and O–H groups in total. The van der Waals surface area contributed by atoms with Gasteiger partial charge in [0.05, 0.1) is 6.04 Å². The van der Waals surface area contributed by atoms with Crippen LogP contribution in [0.5, 0.6) is 0 Å². The monoisotopic (exact) mass is 291 g/mol. The topological polar surface area (TPSA) is 52.7 Å².